The van der Waals surface area contributed by atoms with Crippen LogP contribution in [0, 0.1) is 0 Å². The smallest absolute Gasteiger partial charge is 0.161 e. The van der Waals surface area contributed by atoms with Crippen LogP contribution in [0.1, 0.15) is 77.0 Å². The number of hydrogen-bond acceptors (Lipinski definition) is 4. The summed E-state index contributed by atoms with van der Waals surface area (Å²) in [6.45, 7) is 3.87. The topological polar surface area (TPSA) is 36.9 Å². The molecule has 0 bridgehead atoms. The summed E-state index contributed by atoms with van der Waals surface area (Å²) >= 11 is 3.47. The van der Waals surface area contributed by atoms with Gasteiger partial charge in [-0.1, -0.05) is 79.4 Å². The normalized spacial score (nSPS) is 15.4. The van der Waals surface area contributed by atoms with Gasteiger partial charge in [-0.3, -0.25) is 0 Å². The third kappa shape index (κ3) is 12.2. The van der Waals surface area contributed by atoms with Gasteiger partial charge in [0.25, 0.3) is 0 Å². The lowest BCUT2D eigenvalue weighted by molar-refractivity contribution is 0.00778. The Morgan fingerprint density at radius 2 is 1.23 bits per heavy atom. The molecule has 0 aromatic heterocycles. The third-order valence-electron chi connectivity index (χ3n) is 5.37. The monoisotopic (exact) mass is 484 g/mol. The molecule has 1 atom stereocenters. The van der Waals surface area contributed by atoms with Crippen LogP contribution in [0.2, 0.25) is 0 Å². The highest BCUT2D eigenvalue weighted by Crippen LogP contribution is 2.30. The van der Waals surface area contributed by atoms with Crippen LogP contribution < -0.4 is 9.47 Å². The minimum atomic E-state index is 0.00287. The Labute approximate surface area is 192 Å². The number of rotatable bonds is 19. The molecule has 0 saturated heterocycles. The van der Waals surface area contributed by atoms with Crippen LogP contribution >= 0.6 is 15.9 Å². The SMILES string of the molecule is BrCCCCCCOCCCCCCCCCCOCC1COc2ccccc2O1. The number of unbranched alkanes of at least 4 members (excludes halogenated alkanes) is 10. The van der Waals surface area contributed by atoms with Crippen molar-refractivity contribution in [2.24, 2.45) is 0 Å². The van der Waals surface area contributed by atoms with Crippen molar-refractivity contribution < 1.29 is 18.9 Å². The summed E-state index contributed by atoms with van der Waals surface area (Å²) in [5.41, 5.74) is 0. The second kappa shape index (κ2) is 17.9. The van der Waals surface area contributed by atoms with E-state index in [-0.39, 0.29) is 6.10 Å². The van der Waals surface area contributed by atoms with Crippen molar-refractivity contribution in [1.29, 1.82) is 0 Å². The van der Waals surface area contributed by atoms with Gasteiger partial charge in [0.15, 0.2) is 17.6 Å². The summed E-state index contributed by atoms with van der Waals surface area (Å²) in [6, 6.07) is 7.82. The Hall–Kier alpha value is -0.780. The summed E-state index contributed by atoms with van der Waals surface area (Å²) in [4.78, 5) is 0. The summed E-state index contributed by atoms with van der Waals surface area (Å²) < 4.78 is 23.1. The van der Waals surface area contributed by atoms with Gasteiger partial charge >= 0.3 is 0 Å². The van der Waals surface area contributed by atoms with Gasteiger partial charge in [0.1, 0.15) is 6.61 Å². The van der Waals surface area contributed by atoms with Gasteiger partial charge in [-0.2, -0.15) is 0 Å². The summed E-state index contributed by atoms with van der Waals surface area (Å²) in [5, 5.41) is 1.13. The summed E-state index contributed by atoms with van der Waals surface area (Å²) in [6.07, 6.45) is 15.4. The number of para-hydroxylation sites is 2. The van der Waals surface area contributed by atoms with Crippen molar-refractivity contribution >= 4 is 15.9 Å². The molecule has 1 aliphatic heterocycles. The van der Waals surface area contributed by atoms with Crippen LogP contribution in [-0.2, 0) is 9.47 Å². The lowest BCUT2D eigenvalue weighted by Gasteiger charge is -2.26. The fourth-order valence-corrected chi connectivity index (χ4v) is 3.98. The molecular formula is C25H41BrO4. The molecule has 0 radical (unpaired) electrons. The van der Waals surface area contributed by atoms with Crippen LogP contribution in [0.25, 0.3) is 0 Å². The highest BCUT2D eigenvalue weighted by atomic mass is 79.9. The largest absolute Gasteiger partial charge is 0.486 e. The number of benzene rings is 1. The van der Waals surface area contributed by atoms with Gasteiger partial charge in [0.05, 0.1) is 6.61 Å². The van der Waals surface area contributed by atoms with Crippen LogP contribution in [0.3, 0.4) is 0 Å². The zero-order valence-corrected chi connectivity index (χ0v) is 20.2. The van der Waals surface area contributed by atoms with Crippen LogP contribution in [0.15, 0.2) is 24.3 Å². The summed E-state index contributed by atoms with van der Waals surface area (Å²) in [7, 11) is 0. The molecule has 1 aromatic rings. The van der Waals surface area contributed by atoms with Gasteiger partial charge in [0.2, 0.25) is 0 Å². The second-order valence-electron chi connectivity index (χ2n) is 8.12. The number of fused-ring (bicyclic) bond motifs is 1. The molecule has 5 heteroatoms. The lowest BCUT2D eigenvalue weighted by atomic mass is 10.1. The fraction of sp³-hybridized carbons (Fsp3) is 0.760. The first-order valence-corrected chi connectivity index (χ1v) is 13.1. The van der Waals surface area contributed by atoms with E-state index in [1.54, 1.807) is 0 Å². The molecule has 30 heavy (non-hydrogen) atoms. The van der Waals surface area contributed by atoms with Gasteiger partial charge in [-0.25, -0.2) is 0 Å². The first-order valence-electron chi connectivity index (χ1n) is 12.0. The van der Waals surface area contributed by atoms with Crippen molar-refractivity contribution in [1.82, 2.24) is 0 Å². The Bertz CT molecular complexity index is 526. The first-order chi connectivity index (χ1) is 14.9. The molecule has 1 aromatic carbocycles. The molecular weight excluding hydrogens is 444 g/mol. The highest BCUT2D eigenvalue weighted by Gasteiger charge is 2.20. The van der Waals surface area contributed by atoms with E-state index in [4.69, 9.17) is 18.9 Å². The van der Waals surface area contributed by atoms with Crippen LogP contribution in [0.5, 0.6) is 11.5 Å². The Morgan fingerprint density at radius 1 is 0.700 bits per heavy atom. The molecule has 1 unspecified atom stereocenters. The van der Waals surface area contributed by atoms with Crippen LogP contribution in [0.4, 0.5) is 0 Å². The van der Waals surface area contributed by atoms with E-state index in [0.717, 1.165) is 43.1 Å². The molecule has 172 valence electrons. The Balaban J connectivity index is 1.27. The molecule has 0 spiro atoms. The molecule has 0 aliphatic carbocycles. The zero-order valence-electron chi connectivity index (χ0n) is 18.6. The van der Waals surface area contributed by atoms with E-state index < -0.39 is 0 Å². The molecule has 1 heterocycles. The zero-order chi connectivity index (χ0) is 21.1. The Morgan fingerprint density at radius 3 is 1.87 bits per heavy atom. The Kier molecular flexibility index (Phi) is 15.2. The van der Waals surface area contributed by atoms with Crippen molar-refractivity contribution in [3.05, 3.63) is 24.3 Å². The molecule has 0 saturated carbocycles. The molecule has 2 rings (SSSR count). The fourth-order valence-electron chi connectivity index (χ4n) is 3.58. The van der Waals surface area contributed by atoms with Crippen molar-refractivity contribution in [2.45, 2.75) is 83.2 Å². The minimum absolute atomic E-state index is 0.00287. The quantitative estimate of drug-likeness (QED) is 0.157. The van der Waals surface area contributed by atoms with E-state index in [9.17, 15) is 0 Å². The maximum Gasteiger partial charge on any atom is 0.161 e. The first kappa shape index (κ1) is 25.5. The molecule has 1 aliphatic rings. The van der Waals surface area contributed by atoms with Crippen molar-refractivity contribution in [3.8, 4) is 11.5 Å². The average molecular weight is 486 g/mol. The van der Waals surface area contributed by atoms with Crippen LogP contribution in [-0.4, -0.2) is 44.5 Å². The van der Waals surface area contributed by atoms with Crippen molar-refractivity contribution in [3.63, 3.8) is 0 Å². The number of alkyl halides is 1. The maximum absolute atomic E-state index is 5.90. The number of halogens is 1. The highest BCUT2D eigenvalue weighted by molar-refractivity contribution is 9.09. The molecule has 0 N–H and O–H groups in total. The minimum Gasteiger partial charge on any atom is -0.486 e. The van der Waals surface area contributed by atoms with E-state index in [1.165, 1.54) is 70.6 Å². The number of ether oxygens (including phenoxy) is 4. The maximum atomic E-state index is 5.90. The lowest BCUT2D eigenvalue weighted by Crippen LogP contribution is -2.33. The summed E-state index contributed by atoms with van der Waals surface area (Å²) in [5.74, 6) is 1.66. The van der Waals surface area contributed by atoms with E-state index in [0.29, 0.717) is 13.2 Å². The van der Waals surface area contributed by atoms with Gasteiger partial charge in [0, 0.05) is 25.2 Å². The second-order valence-corrected chi connectivity index (χ2v) is 8.91. The van der Waals surface area contributed by atoms with Gasteiger partial charge < -0.3 is 18.9 Å². The van der Waals surface area contributed by atoms with Crippen molar-refractivity contribution in [2.75, 3.05) is 38.4 Å². The molecule has 0 fully saturated rings. The molecule has 4 nitrogen and oxygen atoms in total. The van der Waals surface area contributed by atoms with Gasteiger partial charge in [-0.15, -0.1) is 0 Å². The number of hydrogen-bond donors (Lipinski definition) is 0. The average Bonchev–Trinajstić information content (AvgIpc) is 2.78. The molecule has 0 amide bonds. The van der Waals surface area contributed by atoms with E-state index in [2.05, 4.69) is 15.9 Å². The van der Waals surface area contributed by atoms with E-state index in [1.807, 2.05) is 24.3 Å². The standard InChI is InChI=1S/C25H41BrO4/c26-17-11-5-8-13-19-27-18-12-6-3-1-2-4-7-14-20-28-21-23-22-29-24-15-9-10-16-25(24)30-23/h9-10,15-16,23H,1-8,11-14,17-22H2. The predicted molar refractivity (Wildman–Crippen MR) is 127 cm³/mol. The predicted octanol–water partition coefficient (Wildman–Crippen LogP) is 6.94. The third-order valence-corrected chi connectivity index (χ3v) is 5.93. The van der Waals surface area contributed by atoms with Gasteiger partial charge in [-0.05, 0) is 37.8 Å². The van der Waals surface area contributed by atoms with E-state index >= 15 is 0 Å².